The van der Waals surface area contributed by atoms with E-state index < -0.39 is 0 Å². The van der Waals surface area contributed by atoms with Crippen molar-refractivity contribution in [3.63, 3.8) is 0 Å². The lowest BCUT2D eigenvalue weighted by Gasteiger charge is -2.15. The minimum absolute atomic E-state index is 0.123. The Kier molecular flexibility index (Phi) is 8.20. The van der Waals surface area contributed by atoms with Gasteiger partial charge < -0.3 is 14.2 Å². The smallest absolute Gasteiger partial charge is 0.309 e. The van der Waals surface area contributed by atoms with Crippen LogP contribution in [-0.4, -0.2) is 31.6 Å². The number of esters is 1. The van der Waals surface area contributed by atoms with E-state index in [2.05, 4.69) is 15.9 Å². The van der Waals surface area contributed by atoms with Gasteiger partial charge in [-0.05, 0) is 37.5 Å². The van der Waals surface area contributed by atoms with Crippen molar-refractivity contribution < 1.29 is 19.0 Å². The van der Waals surface area contributed by atoms with Crippen LogP contribution in [0.15, 0.2) is 18.2 Å². The van der Waals surface area contributed by atoms with Crippen LogP contribution in [0.4, 0.5) is 0 Å². The molecule has 0 saturated heterocycles. The number of alkyl halides is 1. The Morgan fingerprint density at radius 1 is 1.29 bits per heavy atom. The van der Waals surface area contributed by atoms with Crippen LogP contribution >= 0.6 is 15.9 Å². The van der Waals surface area contributed by atoms with E-state index in [-0.39, 0.29) is 11.9 Å². The third kappa shape index (κ3) is 5.58. The molecule has 0 spiro atoms. The van der Waals surface area contributed by atoms with Crippen molar-refractivity contribution in [3.8, 4) is 11.5 Å². The van der Waals surface area contributed by atoms with Crippen LogP contribution in [0.5, 0.6) is 11.5 Å². The van der Waals surface area contributed by atoms with E-state index in [0.29, 0.717) is 31.1 Å². The van der Waals surface area contributed by atoms with Gasteiger partial charge in [0.05, 0.1) is 26.2 Å². The van der Waals surface area contributed by atoms with E-state index >= 15 is 0 Å². The lowest BCUT2D eigenvalue weighted by molar-refractivity contribution is -0.148. The van der Waals surface area contributed by atoms with Crippen molar-refractivity contribution in [2.75, 3.05) is 25.7 Å². The molecular weight excluding hydrogens is 336 g/mol. The number of hydrogen-bond acceptors (Lipinski definition) is 4. The Morgan fingerprint density at radius 3 is 2.62 bits per heavy atom. The third-order valence-electron chi connectivity index (χ3n) is 3.16. The number of benzene rings is 1. The van der Waals surface area contributed by atoms with E-state index in [9.17, 15) is 4.79 Å². The number of rotatable bonds is 9. The minimum atomic E-state index is -0.140. The molecule has 1 rings (SSSR count). The summed E-state index contributed by atoms with van der Waals surface area (Å²) in [6, 6.07) is 5.77. The van der Waals surface area contributed by atoms with Gasteiger partial charge in [-0.3, -0.25) is 4.79 Å². The predicted molar refractivity (Wildman–Crippen MR) is 86.4 cm³/mol. The van der Waals surface area contributed by atoms with E-state index in [1.807, 2.05) is 32.0 Å². The molecule has 4 nitrogen and oxygen atoms in total. The highest BCUT2D eigenvalue weighted by Crippen LogP contribution is 2.29. The second-order valence-corrected chi connectivity index (χ2v) is 5.38. The Hall–Kier alpha value is -1.23. The molecule has 1 unspecified atom stereocenters. The summed E-state index contributed by atoms with van der Waals surface area (Å²) >= 11 is 3.33. The maximum absolute atomic E-state index is 11.9. The zero-order valence-corrected chi connectivity index (χ0v) is 14.4. The van der Waals surface area contributed by atoms with Crippen molar-refractivity contribution in [1.82, 2.24) is 0 Å². The van der Waals surface area contributed by atoms with Crippen LogP contribution < -0.4 is 9.47 Å². The Morgan fingerprint density at radius 2 is 2.05 bits per heavy atom. The average Bonchev–Trinajstić information content (AvgIpc) is 2.50. The Labute approximate surface area is 134 Å². The number of carbonyl (C=O) groups excluding carboxylic acids is 1. The van der Waals surface area contributed by atoms with Crippen molar-refractivity contribution in [2.45, 2.75) is 26.7 Å². The van der Waals surface area contributed by atoms with E-state index in [1.165, 1.54) is 0 Å². The Bertz CT molecular complexity index is 448. The summed E-state index contributed by atoms with van der Waals surface area (Å²) in [6.45, 7) is 4.80. The molecule has 5 heteroatoms. The van der Waals surface area contributed by atoms with Crippen LogP contribution in [0, 0.1) is 5.92 Å². The van der Waals surface area contributed by atoms with Crippen LogP contribution in [0.3, 0.4) is 0 Å². The average molecular weight is 359 g/mol. The molecule has 0 saturated carbocycles. The zero-order valence-electron chi connectivity index (χ0n) is 12.9. The molecule has 0 bridgehead atoms. The van der Waals surface area contributed by atoms with Crippen molar-refractivity contribution in [3.05, 3.63) is 23.8 Å². The molecule has 118 valence electrons. The first kappa shape index (κ1) is 17.8. The fourth-order valence-electron chi connectivity index (χ4n) is 2.05. The molecule has 0 radical (unpaired) electrons. The highest BCUT2D eigenvalue weighted by molar-refractivity contribution is 9.09. The molecule has 0 aliphatic rings. The SMILES string of the molecule is CCOC(=O)C(CC)Cc1ccc(OC)c(OCCBr)c1. The minimum Gasteiger partial charge on any atom is -0.493 e. The van der Waals surface area contributed by atoms with Gasteiger partial charge in [-0.25, -0.2) is 0 Å². The molecule has 0 aromatic heterocycles. The first-order valence-electron chi connectivity index (χ1n) is 7.18. The zero-order chi connectivity index (χ0) is 15.7. The largest absolute Gasteiger partial charge is 0.493 e. The molecule has 21 heavy (non-hydrogen) atoms. The molecule has 0 fully saturated rings. The summed E-state index contributed by atoms with van der Waals surface area (Å²) < 4.78 is 16.0. The molecule has 1 aromatic carbocycles. The van der Waals surface area contributed by atoms with Gasteiger partial charge in [-0.1, -0.05) is 28.9 Å². The molecule has 0 aliphatic carbocycles. The molecule has 0 N–H and O–H groups in total. The van der Waals surface area contributed by atoms with E-state index in [4.69, 9.17) is 14.2 Å². The first-order valence-corrected chi connectivity index (χ1v) is 8.30. The summed E-state index contributed by atoms with van der Waals surface area (Å²) in [5.74, 6) is 1.14. The summed E-state index contributed by atoms with van der Waals surface area (Å²) in [6.07, 6.45) is 1.40. The van der Waals surface area contributed by atoms with Crippen molar-refractivity contribution in [2.24, 2.45) is 5.92 Å². The highest BCUT2D eigenvalue weighted by atomic mass is 79.9. The first-order chi connectivity index (χ1) is 10.2. The fourth-order valence-corrected chi connectivity index (χ4v) is 2.21. The normalized spacial score (nSPS) is 11.8. The number of hydrogen-bond donors (Lipinski definition) is 0. The van der Waals surface area contributed by atoms with Gasteiger partial charge in [0.1, 0.15) is 0 Å². The number of halogens is 1. The van der Waals surface area contributed by atoms with E-state index in [0.717, 1.165) is 17.3 Å². The lowest BCUT2D eigenvalue weighted by Crippen LogP contribution is -2.19. The maximum atomic E-state index is 11.9. The van der Waals surface area contributed by atoms with Gasteiger partial charge in [0, 0.05) is 5.33 Å². The highest BCUT2D eigenvalue weighted by Gasteiger charge is 2.19. The van der Waals surface area contributed by atoms with Crippen LogP contribution in [0.25, 0.3) is 0 Å². The van der Waals surface area contributed by atoms with Crippen LogP contribution in [0.1, 0.15) is 25.8 Å². The molecular formula is C16H23BrO4. The van der Waals surface area contributed by atoms with Crippen LogP contribution in [0.2, 0.25) is 0 Å². The molecule has 0 amide bonds. The third-order valence-corrected chi connectivity index (χ3v) is 3.48. The maximum Gasteiger partial charge on any atom is 0.309 e. The van der Waals surface area contributed by atoms with Gasteiger partial charge in [0.15, 0.2) is 11.5 Å². The topological polar surface area (TPSA) is 44.8 Å². The van der Waals surface area contributed by atoms with E-state index in [1.54, 1.807) is 7.11 Å². The number of methoxy groups -OCH3 is 1. The molecule has 1 atom stereocenters. The second kappa shape index (κ2) is 9.66. The number of ether oxygens (including phenoxy) is 3. The summed E-state index contributed by atoms with van der Waals surface area (Å²) in [7, 11) is 1.61. The fraction of sp³-hybridized carbons (Fsp3) is 0.562. The van der Waals surface area contributed by atoms with Crippen molar-refractivity contribution >= 4 is 21.9 Å². The standard InChI is InChI=1S/C16H23BrO4/c1-4-13(16(18)20-5-2)10-12-6-7-14(19-3)15(11-12)21-9-8-17/h6-7,11,13H,4-5,8-10H2,1-3H3. The summed E-state index contributed by atoms with van der Waals surface area (Å²) in [5, 5.41) is 0.751. The van der Waals surface area contributed by atoms with Gasteiger partial charge in [0.2, 0.25) is 0 Å². The van der Waals surface area contributed by atoms with Gasteiger partial charge in [0.25, 0.3) is 0 Å². The van der Waals surface area contributed by atoms with Gasteiger partial charge >= 0.3 is 5.97 Å². The summed E-state index contributed by atoms with van der Waals surface area (Å²) in [5.41, 5.74) is 1.04. The number of carbonyl (C=O) groups is 1. The second-order valence-electron chi connectivity index (χ2n) is 4.58. The molecule has 0 heterocycles. The molecule has 0 aliphatic heterocycles. The molecule has 1 aromatic rings. The monoisotopic (exact) mass is 358 g/mol. The summed E-state index contributed by atoms with van der Waals surface area (Å²) in [4.78, 5) is 11.9. The van der Waals surface area contributed by atoms with Gasteiger partial charge in [-0.2, -0.15) is 0 Å². The predicted octanol–water partition coefficient (Wildman–Crippen LogP) is 3.60. The van der Waals surface area contributed by atoms with Crippen LogP contribution in [-0.2, 0) is 16.0 Å². The lowest BCUT2D eigenvalue weighted by atomic mass is 9.97. The Balaban J connectivity index is 2.84. The van der Waals surface area contributed by atoms with Gasteiger partial charge in [-0.15, -0.1) is 0 Å². The van der Waals surface area contributed by atoms with Crippen molar-refractivity contribution in [1.29, 1.82) is 0 Å². The quantitative estimate of drug-likeness (QED) is 0.499.